The summed E-state index contributed by atoms with van der Waals surface area (Å²) >= 11 is 0. The van der Waals surface area contributed by atoms with Gasteiger partial charge in [-0.05, 0) is 6.42 Å². The van der Waals surface area contributed by atoms with E-state index in [4.69, 9.17) is 4.74 Å². The van der Waals surface area contributed by atoms with Crippen LogP contribution in [0.1, 0.15) is 6.42 Å². The summed E-state index contributed by atoms with van der Waals surface area (Å²) < 4.78 is 16.7. The van der Waals surface area contributed by atoms with Crippen molar-refractivity contribution in [2.75, 3.05) is 13.2 Å². The Morgan fingerprint density at radius 3 is 2.86 bits per heavy atom. The van der Waals surface area contributed by atoms with Crippen molar-refractivity contribution in [3.63, 3.8) is 0 Å². The molecule has 0 bridgehead atoms. The summed E-state index contributed by atoms with van der Waals surface area (Å²) in [5.74, 6) is 0. The molecule has 0 aromatic rings. The van der Waals surface area contributed by atoms with Gasteiger partial charge in [-0.2, -0.15) is 0 Å². The molecule has 2 radical (unpaired) electrons. The minimum Gasteiger partial charge on any atom is -0.378 e. The second kappa shape index (κ2) is 2.26. The predicted molar refractivity (Wildman–Crippen MR) is 23.6 cm³/mol. The zero-order chi connectivity index (χ0) is 5.11. The molecule has 1 aliphatic heterocycles. The van der Waals surface area contributed by atoms with Gasteiger partial charge in [0.05, 0.1) is 6.61 Å². The van der Waals surface area contributed by atoms with Crippen LogP contribution in [0.4, 0.5) is 4.39 Å². The van der Waals surface area contributed by atoms with Gasteiger partial charge in [0, 0.05) is 13.0 Å². The Balaban J connectivity index is 2.12. The van der Waals surface area contributed by atoms with Crippen molar-refractivity contribution in [3.8, 4) is 0 Å². The van der Waals surface area contributed by atoms with Gasteiger partial charge in [-0.3, -0.25) is 0 Å². The van der Waals surface area contributed by atoms with Crippen LogP contribution in [0, 0.1) is 6.42 Å². The highest BCUT2D eigenvalue weighted by molar-refractivity contribution is 4.78. The topological polar surface area (TPSA) is 9.23 Å². The van der Waals surface area contributed by atoms with Crippen molar-refractivity contribution in [3.05, 3.63) is 6.42 Å². The fraction of sp³-hybridized carbons (Fsp3) is 0.800. The Morgan fingerprint density at radius 1 is 1.71 bits per heavy atom. The molecule has 1 nitrogen and oxygen atoms in total. The molecule has 1 atom stereocenters. The molecular formula is C5H7FO. The van der Waals surface area contributed by atoms with Gasteiger partial charge in [-0.1, -0.05) is 0 Å². The van der Waals surface area contributed by atoms with E-state index in [-0.39, 0.29) is 6.61 Å². The van der Waals surface area contributed by atoms with Crippen LogP contribution < -0.4 is 0 Å². The normalized spacial score (nSPS) is 33.0. The minimum atomic E-state index is -0.936. The van der Waals surface area contributed by atoms with E-state index in [1.165, 1.54) is 0 Å². The fourth-order valence-electron chi connectivity index (χ4n) is 0.533. The highest BCUT2D eigenvalue weighted by Gasteiger charge is 2.11. The first-order chi connectivity index (χ1) is 3.39. The van der Waals surface area contributed by atoms with Gasteiger partial charge in [-0.25, -0.2) is 4.39 Å². The van der Waals surface area contributed by atoms with Crippen LogP contribution in [0.15, 0.2) is 0 Å². The van der Waals surface area contributed by atoms with Crippen LogP contribution in [0.5, 0.6) is 0 Å². The molecule has 0 amide bonds. The first-order valence-electron chi connectivity index (χ1n) is 2.35. The van der Waals surface area contributed by atoms with Crippen LogP contribution in [-0.2, 0) is 4.74 Å². The van der Waals surface area contributed by atoms with E-state index in [1.54, 1.807) is 0 Å². The van der Waals surface area contributed by atoms with E-state index in [9.17, 15) is 4.39 Å². The molecule has 2 heteroatoms. The van der Waals surface area contributed by atoms with Crippen molar-refractivity contribution < 1.29 is 9.13 Å². The van der Waals surface area contributed by atoms with Gasteiger partial charge < -0.3 is 4.74 Å². The number of rotatable bonds is 0. The highest BCUT2D eigenvalue weighted by atomic mass is 19.1. The van der Waals surface area contributed by atoms with Gasteiger partial charge in [-0.15, -0.1) is 0 Å². The number of hydrogen-bond donors (Lipinski definition) is 0. The zero-order valence-corrected chi connectivity index (χ0v) is 3.98. The maximum Gasteiger partial charge on any atom is 0.130 e. The molecule has 1 heterocycles. The van der Waals surface area contributed by atoms with Gasteiger partial charge >= 0.3 is 0 Å². The van der Waals surface area contributed by atoms with Crippen LogP contribution in [0.2, 0.25) is 0 Å². The summed E-state index contributed by atoms with van der Waals surface area (Å²) in [6, 6.07) is 0. The summed E-state index contributed by atoms with van der Waals surface area (Å²) in [6.07, 6.45) is 2.29. The average molecular weight is 102 g/mol. The van der Waals surface area contributed by atoms with Crippen molar-refractivity contribution in [1.82, 2.24) is 0 Å². The Kier molecular flexibility index (Phi) is 1.63. The number of ether oxygens (including phenoxy) is 1. The van der Waals surface area contributed by atoms with E-state index >= 15 is 0 Å². The van der Waals surface area contributed by atoms with Gasteiger partial charge in [0.1, 0.15) is 6.17 Å². The van der Waals surface area contributed by atoms with E-state index < -0.39 is 6.17 Å². The second-order valence-electron chi connectivity index (χ2n) is 1.50. The summed E-state index contributed by atoms with van der Waals surface area (Å²) in [5, 5.41) is 0. The van der Waals surface area contributed by atoms with Crippen LogP contribution in [-0.4, -0.2) is 19.4 Å². The van der Waals surface area contributed by atoms with Crippen molar-refractivity contribution in [2.24, 2.45) is 0 Å². The van der Waals surface area contributed by atoms with E-state index in [0.29, 0.717) is 13.0 Å². The molecule has 0 aliphatic carbocycles. The third-order valence-electron chi connectivity index (χ3n) is 0.876. The molecule has 7 heavy (non-hydrogen) atoms. The first kappa shape index (κ1) is 5.04. The quantitative estimate of drug-likeness (QED) is 0.440. The van der Waals surface area contributed by atoms with Gasteiger partial charge in [0.2, 0.25) is 0 Å². The number of hydrogen-bond acceptors (Lipinski definition) is 1. The van der Waals surface area contributed by atoms with Crippen LogP contribution in [0.3, 0.4) is 0 Å². The standard InChI is InChI=1S/C5H7FO/c6-5-2-1-3-7-4-5/h5H,1,3-4H2. The molecule has 1 aliphatic rings. The lowest BCUT2D eigenvalue weighted by Gasteiger charge is -2.12. The Morgan fingerprint density at radius 2 is 2.57 bits per heavy atom. The Hall–Kier alpha value is -0.110. The summed E-state index contributed by atoms with van der Waals surface area (Å²) in [5.41, 5.74) is 0. The molecule has 0 N–H and O–H groups in total. The van der Waals surface area contributed by atoms with E-state index in [0.717, 1.165) is 0 Å². The SMILES string of the molecule is FC1[C]CCOC1. The molecule has 1 saturated heterocycles. The van der Waals surface area contributed by atoms with Crippen LogP contribution >= 0.6 is 0 Å². The van der Waals surface area contributed by atoms with E-state index in [1.807, 2.05) is 0 Å². The van der Waals surface area contributed by atoms with Gasteiger partial charge in [0.15, 0.2) is 0 Å². The molecule has 0 spiro atoms. The van der Waals surface area contributed by atoms with Crippen molar-refractivity contribution >= 4 is 0 Å². The van der Waals surface area contributed by atoms with Crippen LogP contribution in [0.25, 0.3) is 0 Å². The Bertz CT molecular complexity index is 50.0. The maximum atomic E-state index is 11.9. The van der Waals surface area contributed by atoms with E-state index in [2.05, 4.69) is 6.42 Å². The zero-order valence-electron chi connectivity index (χ0n) is 3.98. The average Bonchev–Trinajstić information content (AvgIpc) is 1.69. The summed E-state index contributed by atoms with van der Waals surface area (Å²) in [6.45, 7) is 0.848. The highest BCUT2D eigenvalue weighted by Crippen LogP contribution is 2.06. The monoisotopic (exact) mass is 102 g/mol. The largest absolute Gasteiger partial charge is 0.378 e. The van der Waals surface area contributed by atoms with Gasteiger partial charge in [0.25, 0.3) is 0 Å². The predicted octanol–water partition coefficient (Wildman–Crippen LogP) is 0.826. The summed E-state index contributed by atoms with van der Waals surface area (Å²) in [4.78, 5) is 0. The number of halogens is 1. The smallest absolute Gasteiger partial charge is 0.130 e. The molecular weight excluding hydrogens is 95.1 g/mol. The number of alkyl halides is 1. The molecule has 0 aromatic heterocycles. The lowest BCUT2D eigenvalue weighted by atomic mass is 10.2. The van der Waals surface area contributed by atoms with Crippen molar-refractivity contribution in [2.45, 2.75) is 12.6 Å². The lowest BCUT2D eigenvalue weighted by Crippen LogP contribution is -2.18. The molecule has 1 fully saturated rings. The Labute approximate surface area is 42.5 Å². The molecule has 1 unspecified atom stereocenters. The molecule has 40 valence electrons. The maximum absolute atomic E-state index is 11.9. The fourth-order valence-corrected chi connectivity index (χ4v) is 0.533. The third kappa shape index (κ3) is 1.43. The lowest BCUT2D eigenvalue weighted by molar-refractivity contribution is 0.0643. The first-order valence-corrected chi connectivity index (χ1v) is 2.35. The summed E-state index contributed by atoms with van der Waals surface area (Å²) in [7, 11) is 0. The molecule has 0 aromatic carbocycles. The molecule has 1 rings (SSSR count). The second-order valence-corrected chi connectivity index (χ2v) is 1.50. The van der Waals surface area contributed by atoms with Crippen molar-refractivity contribution in [1.29, 1.82) is 0 Å². The molecule has 0 saturated carbocycles. The minimum absolute atomic E-state index is 0.208. The third-order valence-corrected chi connectivity index (χ3v) is 0.876.